The molecule has 1 saturated heterocycles. The lowest BCUT2D eigenvalue weighted by atomic mass is 9.93. The Hall–Kier alpha value is -3.66. The minimum atomic E-state index is -1.03. The summed E-state index contributed by atoms with van der Waals surface area (Å²) in [7, 11) is 5.73. The van der Waals surface area contributed by atoms with Gasteiger partial charge >= 0.3 is 5.97 Å². The largest absolute Gasteiger partial charge is 0.467 e. The molecule has 2 aromatic heterocycles. The minimum absolute atomic E-state index is 0.0690. The molecule has 38 heavy (non-hydrogen) atoms. The van der Waals surface area contributed by atoms with Crippen LogP contribution in [0.1, 0.15) is 18.7 Å². The van der Waals surface area contributed by atoms with Crippen LogP contribution in [0.2, 0.25) is 0 Å². The van der Waals surface area contributed by atoms with Crippen molar-refractivity contribution in [2.24, 2.45) is 5.92 Å². The molecular weight excluding hydrogens is 515 g/mol. The van der Waals surface area contributed by atoms with Crippen molar-refractivity contribution in [3.05, 3.63) is 58.8 Å². The monoisotopic (exact) mass is 544 g/mol. The third-order valence-electron chi connectivity index (χ3n) is 7.44. The zero-order chi connectivity index (χ0) is 27.2. The van der Waals surface area contributed by atoms with E-state index in [2.05, 4.69) is 49.5 Å². The van der Waals surface area contributed by atoms with Crippen LogP contribution >= 0.6 is 20.6 Å². The van der Waals surface area contributed by atoms with Gasteiger partial charge in [-0.25, -0.2) is 4.79 Å². The fourth-order valence-electron chi connectivity index (χ4n) is 4.94. The summed E-state index contributed by atoms with van der Waals surface area (Å²) in [6.07, 6.45) is 0. The van der Waals surface area contributed by atoms with E-state index in [-0.39, 0.29) is 11.8 Å². The quantitative estimate of drug-likeness (QED) is 0.279. The molecule has 1 fully saturated rings. The van der Waals surface area contributed by atoms with Gasteiger partial charge in [-0.2, -0.15) is 5.26 Å². The molecule has 2 aromatic carbocycles. The number of likely N-dealkylation sites (N-methyl/N-ethyl adjacent to an activating group) is 1. The number of fused-ring (bicyclic) bond motifs is 1. The van der Waals surface area contributed by atoms with Crippen LogP contribution in [0.15, 0.2) is 53.9 Å². The number of hydrogen-bond acceptors (Lipinski definition) is 6. The van der Waals surface area contributed by atoms with Crippen molar-refractivity contribution in [2.45, 2.75) is 19.4 Å². The zero-order valence-electron chi connectivity index (χ0n) is 21.7. The first kappa shape index (κ1) is 26.0. The number of benzene rings is 2. The van der Waals surface area contributed by atoms with Gasteiger partial charge in [-0.15, -0.1) is 20.6 Å². The van der Waals surface area contributed by atoms with Crippen LogP contribution in [-0.2, 0) is 14.3 Å². The number of amides is 1. The second kappa shape index (κ2) is 9.90. The van der Waals surface area contributed by atoms with Crippen LogP contribution in [0.3, 0.4) is 0 Å². The summed E-state index contributed by atoms with van der Waals surface area (Å²) in [5.41, 5.74) is 4.90. The predicted octanol–water partition coefficient (Wildman–Crippen LogP) is 4.78. The number of methoxy groups -OCH3 is 1. The van der Waals surface area contributed by atoms with Crippen molar-refractivity contribution in [1.82, 2.24) is 9.88 Å². The maximum absolute atomic E-state index is 13.1. The summed E-state index contributed by atoms with van der Waals surface area (Å²) >= 11 is 1.44. The number of anilines is 1. The van der Waals surface area contributed by atoms with E-state index < -0.39 is 11.5 Å². The molecule has 1 aliphatic heterocycles. The summed E-state index contributed by atoms with van der Waals surface area (Å²) in [4.78, 5) is 33.2. The van der Waals surface area contributed by atoms with E-state index in [1.54, 1.807) is 20.9 Å². The van der Waals surface area contributed by atoms with Crippen molar-refractivity contribution in [1.29, 1.82) is 5.26 Å². The van der Waals surface area contributed by atoms with E-state index in [0.29, 0.717) is 18.0 Å². The summed E-state index contributed by atoms with van der Waals surface area (Å²) in [6, 6.07) is 18.8. The van der Waals surface area contributed by atoms with E-state index in [4.69, 9.17) is 4.74 Å². The Kier molecular flexibility index (Phi) is 6.77. The Bertz CT molecular complexity index is 1590. The van der Waals surface area contributed by atoms with Crippen molar-refractivity contribution < 1.29 is 14.3 Å². The first-order valence-corrected chi connectivity index (χ1v) is 13.7. The van der Waals surface area contributed by atoms with Crippen molar-refractivity contribution >= 4 is 54.3 Å². The number of ether oxygens (including phenoxy) is 1. The molecule has 5 rings (SSSR count). The molecule has 3 heterocycles. The number of esters is 1. The highest BCUT2D eigenvalue weighted by atomic mass is 32.1. The fraction of sp³-hybridized carbons (Fsp3) is 0.276. The number of hydrogen-bond donors (Lipinski definition) is 1. The van der Waals surface area contributed by atoms with Gasteiger partial charge in [0.15, 0.2) is 0 Å². The molecule has 4 aromatic rings. The molecule has 0 bridgehead atoms. The number of H-pyrrole nitrogens is 1. The average Bonchev–Trinajstić information content (AvgIpc) is 3.50. The smallest absolute Gasteiger partial charge is 0.331 e. The van der Waals surface area contributed by atoms with E-state index in [9.17, 15) is 14.9 Å². The number of carbonyl (C=O) groups excluding carboxylic acids is 2. The lowest BCUT2D eigenvalue weighted by molar-refractivity contribution is -0.159. The maximum atomic E-state index is 13.1. The molecule has 1 aliphatic rings. The lowest BCUT2D eigenvalue weighted by Gasteiger charge is -2.44. The molecule has 1 N–H and O–H groups in total. The van der Waals surface area contributed by atoms with Crippen LogP contribution in [-0.4, -0.2) is 54.5 Å². The Labute approximate surface area is 228 Å². The molecule has 0 radical (unpaired) electrons. The van der Waals surface area contributed by atoms with Crippen LogP contribution in [0.5, 0.6) is 0 Å². The molecule has 1 amide bonds. The van der Waals surface area contributed by atoms with Crippen LogP contribution in [0.25, 0.3) is 33.3 Å². The molecule has 0 spiro atoms. The topological polar surface area (TPSA) is 89.4 Å². The first-order valence-electron chi connectivity index (χ1n) is 12.3. The summed E-state index contributed by atoms with van der Waals surface area (Å²) in [5.74, 6) is -0.702. The van der Waals surface area contributed by atoms with Gasteiger partial charge in [0.2, 0.25) is 5.91 Å². The van der Waals surface area contributed by atoms with Crippen molar-refractivity contribution in [3.8, 4) is 28.5 Å². The van der Waals surface area contributed by atoms with E-state index in [1.165, 1.54) is 23.3 Å². The first-order chi connectivity index (χ1) is 18.1. The van der Waals surface area contributed by atoms with Gasteiger partial charge < -0.3 is 19.5 Å². The molecule has 0 saturated carbocycles. The van der Waals surface area contributed by atoms with E-state index in [0.717, 1.165) is 44.3 Å². The highest BCUT2D eigenvalue weighted by molar-refractivity contribution is 7.27. The SMILES string of the molecule is COC(=O)C(C)(C)N(C)C(=O)C1CN(c2cccc(-c3[nH]c4ccc(P)cc4c3-c3ccsc3C#N)c2)C1. The average molecular weight is 545 g/mol. The highest BCUT2D eigenvalue weighted by Crippen LogP contribution is 2.42. The molecule has 1 atom stereocenters. The summed E-state index contributed by atoms with van der Waals surface area (Å²) < 4.78 is 4.88. The van der Waals surface area contributed by atoms with Crippen molar-refractivity contribution in [2.75, 3.05) is 32.1 Å². The molecule has 0 aliphatic carbocycles. The second-order valence-corrected chi connectivity index (χ2v) is 11.6. The molecule has 1 unspecified atom stereocenters. The minimum Gasteiger partial charge on any atom is -0.467 e. The lowest BCUT2D eigenvalue weighted by Crippen LogP contribution is -2.59. The molecule has 7 nitrogen and oxygen atoms in total. The van der Waals surface area contributed by atoms with Gasteiger partial charge in [0.25, 0.3) is 0 Å². The zero-order valence-corrected chi connectivity index (χ0v) is 23.7. The fourth-order valence-corrected chi connectivity index (χ4v) is 5.89. The Balaban J connectivity index is 1.44. The normalized spacial score (nSPS) is 13.7. The predicted molar refractivity (Wildman–Crippen MR) is 156 cm³/mol. The number of nitriles is 1. The highest BCUT2D eigenvalue weighted by Gasteiger charge is 2.42. The Morgan fingerprint density at radius 1 is 1.21 bits per heavy atom. The number of nitrogens with one attached hydrogen (secondary N) is 1. The maximum Gasteiger partial charge on any atom is 0.331 e. The van der Waals surface area contributed by atoms with Gasteiger partial charge in [-0.05, 0) is 54.9 Å². The molecular formula is C29H29N4O3PS. The van der Waals surface area contributed by atoms with Crippen LogP contribution in [0, 0.1) is 17.2 Å². The van der Waals surface area contributed by atoms with Gasteiger partial charge in [-0.1, -0.05) is 18.2 Å². The van der Waals surface area contributed by atoms with Crippen LogP contribution < -0.4 is 10.2 Å². The summed E-state index contributed by atoms with van der Waals surface area (Å²) in [5, 5.41) is 13.8. The molecule has 9 heteroatoms. The number of carbonyl (C=O) groups is 2. The van der Waals surface area contributed by atoms with E-state index >= 15 is 0 Å². The van der Waals surface area contributed by atoms with Gasteiger partial charge in [0.1, 0.15) is 16.5 Å². The van der Waals surface area contributed by atoms with Gasteiger partial charge in [-0.3, -0.25) is 4.79 Å². The third-order valence-corrected chi connectivity index (χ3v) is 8.62. The second-order valence-electron chi connectivity index (χ2n) is 10.1. The van der Waals surface area contributed by atoms with Crippen molar-refractivity contribution in [3.63, 3.8) is 0 Å². The van der Waals surface area contributed by atoms with Crippen LogP contribution in [0.4, 0.5) is 5.69 Å². The summed E-state index contributed by atoms with van der Waals surface area (Å²) in [6.45, 7) is 4.53. The number of nitrogens with zero attached hydrogens (tertiary/aromatic N) is 3. The van der Waals surface area contributed by atoms with E-state index in [1.807, 2.05) is 29.6 Å². The third kappa shape index (κ3) is 4.36. The Morgan fingerprint density at radius 2 is 1.97 bits per heavy atom. The Morgan fingerprint density at radius 3 is 2.68 bits per heavy atom. The number of aromatic nitrogens is 1. The van der Waals surface area contributed by atoms with Gasteiger partial charge in [0, 0.05) is 53.4 Å². The molecule has 194 valence electrons. The number of rotatable bonds is 6. The number of aromatic amines is 1. The van der Waals surface area contributed by atoms with Gasteiger partial charge in [0.05, 0.1) is 18.7 Å². The standard InChI is InChI=1S/C29H29N4O3PS/c1-29(2,28(35)36-4)32(3)27(34)18-15-33(16-18)19-7-5-6-17(12-19)26-25(21-10-11-38-24(21)14-30)22-13-20(37)8-9-23(22)31-26/h5-13,18,31H,15-16,37H2,1-4H3. The number of thiophene rings is 1.